The number of rotatable bonds is 7. The van der Waals surface area contributed by atoms with Gasteiger partial charge in [-0.1, -0.05) is 24.3 Å². The second kappa shape index (κ2) is 8.87. The van der Waals surface area contributed by atoms with Crippen LogP contribution in [0.25, 0.3) is 0 Å². The third-order valence-corrected chi connectivity index (χ3v) is 3.74. The van der Waals surface area contributed by atoms with E-state index < -0.39 is 0 Å². The highest BCUT2D eigenvalue weighted by molar-refractivity contribution is 5.88. The molecule has 0 unspecified atom stereocenters. The number of carbonyl (C=O) groups excluding carboxylic acids is 2. The Morgan fingerprint density at radius 3 is 2.40 bits per heavy atom. The molecule has 0 spiro atoms. The zero-order chi connectivity index (χ0) is 18.2. The van der Waals surface area contributed by atoms with Gasteiger partial charge in [-0.25, -0.2) is 0 Å². The van der Waals surface area contributed by atoms with Crippen LogP contribution >= 0.6 is 0 Å². The van der Waals surface area contributed by atoms with E-state index in [2.05, 4.69) is 29.7 Å². The molecule has 5 nitrogen and oxygen atoms in total. The number of anilines is 1. The Labute approximate surface area is 148 Å². The average Bonchev–Trinajstić information content (AvgIpc) is 2.56. The molecule has 0 aromatic heterocycles. The predicted octanol–water partition coefficient (Wildman–Crippen LogP) is 3.08. The van der Waals surface area contributed by atoms with Gasteiger partial charge in [0.25, 0.3) is 5.91 Å². The number of amides is 2. The highest BCUT2D eigenvalue weighted by atomic mass is 16.5. The Morgan fingerprint density at radius 1 is 1.08 bits per heavy atom. The van der Waals surface area contributed by atoms with Gasteiger partial charge in [-0.15, -0.1) is 0 Å². The number of benzene rings is 2. The molecule has 0 saturated heterocycles. The maximum absolute atomic E-state index is 12.0. The van der Waals surface area contributed by atoms with Crippen LogP contribution in [-0.2, 0) is 16.0 Å². The summed E-state index contributed by atoms with van der Waals surface area (Å²) in [6.07, 6.45) is 0.782. The van der Waals surface area contributed by atoms with Gasteiger partial charge < -0.3 is 15.4 Å². The lowest BCUT2D eigenvalue weighted by molar-refractivity contribution is -0.123. The monoisotopic (exact) mass is 340 g/mol. The van der Waals surface area contributed by atoms with Gasteiger partial charge in [0.2, 0.25) is 5.91 Å². The summed E-state index contributed by atoms with van der Waals surface area (Å²) in [5.41, 5.74) is 3.14. The summed E-state index contributed by atoms with van der Waals surface area (Å²) in [5.74, 6) is 0.290. The van der Waals surface area contributed by atoms with E-state index in [1.165, 1.54) is 18.1 Å². The number of hydrogen-bond acceptors (Lipinski definition) is 3. The maximum atomic E-state index is 12.0. The molecule has 0 radical (unpaired) electrons. The minimum atomic E-state index is -0.160. The van der Waals surface area contributed by atoms with Gasteiger partial charge >= 0.3 is 0 Å². The molecule has 1 atom stereocenters. The maximum Gasteiger partial charge on any atom is 0.258 e. The summed E-state index contributed by atoms with van der Waals surface area (Å²) in [6.45, 7) is 5.45. The van der Waals surface area contributed by atoms with Crippen molar-refractivity contribution in [3.05, 3.63) is 59.7 Å². The van der Waals surface area contributed by atoms with Crippen LogP contribution < -0.4 is 15.4 Å². The van der Waals surface area contributed by atoms with Gasteiger partial charge in [0.15, 0.2) is 6.61 Å². The Morgan fingerprint density at radius 2 is 1.76 bits per heavy atom. The Kier molecular flexibility index (Phi) is 6.57. The lowest BCUT2D eigenvalue weighted by Crippen LogP contribution is -2.37. The molecule has 0 heterocycles. The summed E-state index contributed by atoms with van der Waals surface area (Å²) >= 11 is 0. The highest BCUT2D eigenvalue weighted by Gasteiger charge is 2.10. The molecule has 0 bridgehead atoms. The van der Waals surface area contributed by atoms with E-state index in [1.807, 2.05) is 19.1 Å². The lowest BCUT2D eigenvalue weighted by atomic mass is 10.0. The molecule has 0 aliphatic carbocycles. The van der Waals surface area contributed by atoms with E-state index in [4.69, 9.17) is 4.74 Å². The fraction of sp³-hybridized carbons (Fsp3) is 0.300. The molecular formula is C20H24N2O3. The van der Waals surface area contributed by atoms with Crippen LogP contribution in [-0.4, -0.2) is 24.5 Å². The SMILES string of the molecule is CC(=O)Nc1ccc(OCC(=O)N[C@H](C)Cc2ccccc2C)cc1. The normalized spacial score (nSPS) is 11.5. The van der Waals surface area contributed by atoms with Crippen molar-refractivity contribution in [2.24, 2.45) is 0 Å². The van der Waals surface area contributed by atoms with E-state index in [1.54, 1.807) is 24.3 Å². The molecule has 132 valence electrons. The molecular weight excluding hydrogens is 316 g/mol. The van der Waals surface area contributed by atoms with Gasteiger partial charge in [0, 0.05) is 18.7 Å². The molecule has 2 amide bonds. The summed E-state index contributed by atoms with van der Waals surface area (Å²) < 4.78 is 5.48. The smallest absolute Gasteiger partial charge is 0.258 e. The largest absolute Gasteiger partial charge is 0.484 e. The van der Waals surface area contributed by atoms with Crippen molar-refractivity contribution >= 4 is 17.5 Å². The van der Waals surface area contributed by atoms with E-state index in [0.717, 1.165) is 6.42 Å². The van der Waals surface area contributed by atoms with Crippen molar-refractivity contribution in [1.82, 2.24) is 5.32 Å². The van der Waals surface area contributed by atoms with Crippen LogP contribution in [0.15, 0.2) is 48.5 Å². The van der Waals surface area contributed by atoms with Crippen molar-refractivity contribution in [2.75, 3.05) is 11.9 Å². The first-order valence-corrected chi connectivity index (χ1v) is 8.28. The third kappa shape index (κ3) is 6.30. The second-order valence-corrected chi connectivity index (χ2v) is 6.09. The van der Waals surface area contributed by atoms with Crippen LogP contribution in [0.4, 0.5) is 5.69 Å². The van der Waals surface area contributed by atoms with E-state index in [9.17, 15) is 9.59 Å². The minimum absolute atomic E-state index is 0.0272. The molecule has 0 aliphatic rings. The molecule has 0 aliphatic heterocycles. The average molecular weight is 340 g/mol. The van der Waals surface area contributed by atoms with Gasteiger partial charge in [-0.3, -0.25) is 9.59 Å². The molecule has 2 rings (SSSR count). The van der Waals surface area contributed by atoms with Crippen LogP contribution in [0.2, 0.25) is 0 Å². The fourth-order valence-electron chi connectivity index (χ4n) is 2.52. The van der Waals surface area contributed by atoms with Crippen LogP contribution in [0, 0.1) is 6.92 Å². The van der Waals surface area contributed by atoms with Gasteiger partial charge in [-0.2, -0.15) is 0 Å². The van der Waals surface area contributed by atoms with Crippen LogP contribution in [0.5, 0.6) is 5.75 Å². The molecule has 0 saturated carbocycles. The van der Waals surface area contributed by atoms with Gasteiger partial charge in [0.05, 0.1) is 0 Å². The van der Waals surface area contributed by atoms with Crippen molar-refractivity contribution in [3.8, 4) is 5.75 Å². The summed E-state index contributed by atoms with van der Waals surface area (Å²) in [4.78, 5) is 23.0. The number of aryl methyl sites for hydroxylation is 1. The number of hydrogen-bond donors (Lipinski definition) is 2. The Hall–Kier alpha value is -2.82. The van der Waals surface area contributed by atoms with Crippen molar-refractivity contribution in [2.45, 2.75) is 33.2 Å². The fourth-order valence-corrected chi connectivity index (χ4v) is 2.52. The highest BCUT2D eigenvalue weighted by Crippen LogP contribution is 2.15. The molecule has 2 N–H and O–H groups in total. The molecule has 0 fully saturated rings. The first kappa shape index (κ1) is 18.5. The number of ether oxygens (including phenoxy) is 1. The van der Waals surface area contributed by atoms with E-state index >= 15 is 0 Å². The summed E-state index contributed by atoms with van der Waals surface area (Å²) in [6, 6.07) is 15.1. The van der Waals surface area contributed by atoms with Crippen molar-refractivity contribution < 1.29 is 14.3 Å². The molecule has 25 heavy (non-hydrogen) atoms. The predicted molar refractivity (Wildman–Crippen MR) is 98.7 cm³/mol. The molecule has 2 aromatic rings. The van der Waals surface area contributed by atoms with E-state index in [0.29, 0.717) is 11.4 Å². The Balaban J connectivity index is 1.78. The quantitative estimate of drug-likeness (QED) is 0.814. The number of nitrogens with one attached hydrogen (secondary N) is 2. The Bertz CT molecular complexity index is 726. The van der Waals surface area contributed by atoms with Gasteiger partial charge in [0.1, 0.15) is 5.75 Å². The third-order valence-electron chi connectivity index (χ3n) is 3.74. The first-order valence-electron chi connectivity index (χ1n) is 8.28. The zero-order valence-electron chi connectivity index (χ0n) is 14.8. The second-order valence-electron chi connectivity index (χ2n) is 6.09. The van der Waals surface area contributed by atoms with Crippen LogP contribution in [0.1, 0.15) is 25.0 Å². The molecule has 2 aromatic carbocycles. The standard InChI is InChI=1S/C20H24N2O3/c1-14-6-4-5-7-17(14)12-15(2)21-20(24)13-25-19-10-8-18(9-11-19)22-16(3)23/h4-11,15H,12-13H2,1-3H3,(H,21,24)(H,22,23)/t15-/m1/s1. The topological polar surface area (TPSA) is 67.4 Å². The lowest BCUT2D eigenvalue weighted by Gasteiger charge is -2.15. The number of carbonyl (C=O) groups is 2. The first-order chi connectivity index (χ1) is 11.9. The van der Waals surface area contributed by atoms with E-state index in [-0.39, 0.29) is 24.5 Å². The minimum Gasteiger partial charge on any atom is -0.484 e. The van der Waals surface area contributed by atoms with Crippen LogP contribution in [0.3, 0.4) is 0 Å². The van der Waals surface area contributed by atoms with Gasteiger partial charge in [-0.05, 0) is 55.7 Å². The summed E-state index contributed by atoms with van der Waals surface area (Å²) in [5, 5.41) is 5.62. The summed E-state index contributed by atoms with van der Waals surface area (Å²) in [7, 11) is 0. The van der Waals surface area contributed by atoms with Crippen molar-refractivity contribution in [3.63, 3.8) is 0 Å². The molecule has 5 heteroatoms. The van der Waals surface area contributed by atoms with Crippen molar-refractivity contribution in [1.29, 1.82) is 0 Å². The zero-order valence-corrected chi connectivity index (χ0v) is 14.8.